The zero-order valence-corrected chi connectivity index (χ0v) is 24.6. The molecule has 1 N–H and O–H groups in total. The number of benzene rings is 3. The number of carbonyl (C=O) groups excluding carboxylic acids is 3. The Morgan fingerprint density at radius 3 is 2.29 bits per heavy atom. The van der Waals surface area contributed by atoms with Crippen molar-refractivity contribution in [1.29, 1.82) is 5.26 Å². The van der Waals surface area contributed by atoms with E-state index < -0.39 is 40.1 Å². The third-order valence-corrected chi connectivity index (χ3v) is 7.33. The number of esters is 1. The Balaban J connectivity index is 1.77. The zero-order chi connectivity index (χ0) is 30.9. The third-order valence-electron chi connectivity index (χ3n) is 5.56. The predicted octanol–water partition coefficient (Wildman–Crippen LogP) is 4.30. The van der Waals surface area contributed by atoms with Crippen LogP contribution in [-0.2, 0) is 35.7 Å². The van der Waals surface area contributed by atoms with Crippen LogP contribution in [0.3, 0.4) is 0 Å². The maximum Gasteiger partial charge on any atom is 0.410 e. The minimum Gasteiger partial charge on any atom is -0.459 e. The molecule has 3 rings (SSSR count). The van der Waals surface area contributed by atoms with Gasteiger partial charge < -0.3 is 19.7 Å². The lowest BCUT2D eigenvalue weighted by Crippen LogP contribution is -2.39. The van der Waals surface area contributed by atoms with E-state index in [2.05, 4.69) is 5.32 Å². The second-order valence-corrected chi connectivity index (χ2v) is 12.1. The molecular formula is C30H32N4O7S. The van der Waals surface area contributed by atoms with Gasteiger partial charge in [-0.3, -0.25) is 13.9 Å². The van der Waals surface area contributed by atoms with Crippen LogP contribution in [-0.4, -0.2) is 57.0 Å². The molecule has 42 heavy (non-hydrogen) atoms. The molecule has 0 bridgehead atoms. The Hall–Kier alpha value is -4.89. The molecule has 3 aromatic rings. The van der Waals surface area contributed by atoms with Gasteiger partial charge in [-0.15, -0.1) is 0 Å². The van der Waals surface area contributed by atoms with E-state index in [9.17, 15) is 28.1 Å². The van der Waals surface area contributed by atoms with Gasteiger partial charge in [-0.1, -0.05) is 42.5 Å². The normalized spacial score (nSPS) is 11.1. The summed E-state index contributed by atoms with van der Waals surface area (Å²) in [5.74, 6) is -1.38. The van der Waals surface area contributed by atoms with E-state index >= 15 is 0 Å². The van der Waals surface area contributed by atoms with Crippen molar-refractivity contribution >= 4 is 39.4 Å². The maximum atomic E-state index is 13.8. The highest BCUT2D eigenvalue weighted by Gasteiger charge is 2.30. The Morgan fingerprint density at radius 1 is 0.929 bits per heavy atom. The van der Waals surface area contributed by atoms with Crippen LogP contribution in [0.15, 0.2) is 83.8 Å². The number of sulfonamides is 1. The van der Waals surface area contributed by atoms with Gasteiger partial charge >= 0.3 is 12.1 Å². The van der Waals surface area contributed by atoms with Gasteiger partial charge in [0, 0.05) is 12.7 Å². The van der Waals surface area contributed by atoms with Crippen LogP contribution in [0.1, 0.15) is 31.9 Å². The molecule has 3 aromatic carbocycles. The molecule has 0 fully saturated rings. The van der Waals surface area contributed by atoms with Crippen molar-refractivity contribution in [3.05, 3.63) is 90.0 Å². The van der Waals surface area contributed by atoms with Crippen molar-refractivity contribution in [2.24, 2.45) is 0 Å². The molecule has 0 heterocycles. The van der Waals surface area contributed by atoms with Crippen molar-refractivity contribution in [2.45, 2.75) is 37.9 Å². The van der Waals surface area contributed by atoms with Gasteiger partial charge in [0.05, 0.1) is 22.2 Å². The van der Waals surface area contributed by atoms with Crippen LogP contribution in [0.2, 0.25) is 0 Å². The first-order chi connectivity index (χ1) is 19.8. The highest BCUT2D eigenvalue weighted by molar-refractivity contribution is 7.92. The molecule has 0 aliphatic carbocycles. The van der Waals surface area contributed by atoms with Gasteiger partial charge in [-0.05, 0) is 62.7 Å². The van der Waals surface area contributed by atoms with Gasteiger partial charge in [0.25, 0.3) is 10.0 Å². The maximum absolute atomic E-state index is 13.8. The van der Waals surface area contributed by atoms with Crippen molar-refractivity contribution in [1.82, 2.24) is 4.90 Å². The van der Waals surface area contributed by atoms with Gasteiger partial charge in [0.15, 0.2) is 0 Å². The number of amides is 2. The highest BCUT2D eigenvalue weighted by Crippen LogP contribution is 2.26. The molecule has 0 atom stereocenters. The standard InChI is InChI=1S/C30H32N4O7S/c1-30(2,3)41-28(36)20-34(25-14-8-12-23(16-25)18-31)42(38,39)26-15-9-13-24(17-26)32-27(35)19-33(4)29(37)40-21-22-10-6-5-7-11-22/h5-17H,19-21H2,1-4H3,(H,32,35). The first kappa shape index (κ1) is 31.6. The largest absolute Gasteiger partial charge is 0.459 e. The fourth-order valence-corrected chi connectivity index (χ4v) is 5.16. The lowest BCUT2D eigenvalue weighted by atomic mass is 10.2. The number of rotatable bonds is 10. The average Bonchev–Trinajstić information content (AvgIpc) is 2.94. The van der Waals surface area contributed by atoms with E-state index in [1.807, 2.05) is 24.3 Å². The number of hydrogen-bond acceptors (Lipinski definition) is 8. The summed E-state index contributed by atoms with van der Waals surface area (Å²) >= 11 is 0. The molecule has 11 nitrogen and oxygen atoms in total. The van der Waals surface area contributed by atoms with Crippen LogP contribution < -0.4 is 9.62 Å². The second-order valence-electron chi connectivity index (χ2n) is 10.2. The summed E-state index contributed by atoms with van der Waals surface area (Å²) in [6, 6.07) is 22.3. The summed E-state index contributed by atoms with van der Waals surface area (Å²) < 4.78 is 39.0. The molecule has 0 unspecified atom stereocenters. The van der Waals surface area contributed by atoms with Crippen molar-refractivity contribution in [3.8, 4) is 6.07 Å². The lowest BCUT2D eigenvalue weighted by molar-refractivity contribution is -0.152. The molecule has 0 aromatic heterocycles. The summed E-state index contributed by atoms with van der Waals surface area (Å²) in [7, 11) is -2.97. The minimum absolute atomic E-state index is 0.0443. The molecule has 0 aliphatic heterocycles. The second kappa shape index (κ2) is 13.6. The third kappa shape index (κ3) is 9.07. The van der Waals surface area contributed by atoms with E-state index in [-0.39, 0.29) is 35.0 Å². The highest BCUT2D eigenvalue weighted by atomic mass is 32.2. The fraction of sp³-hybridized carbons (Fsp3) is 0.267. The summed E-state index contributed by atoms with van der Waals surface area (Å²) in [5.41, 5.74) is 0.373. The Bertz CT molecular complexity index is 1580. The molecule has 0 spiro atoms. The van der Waals surface area contributed by atoms with Gasteiger partial charge in [0.2, 0.25) is 5.91 Å². The van der Waals surface area contributed by atoms with Crippen molar-refractivity contribution in [3.63, 3.8) is 0 Å². The Labute approximate surface area is 245 Å². The summed E-state index contributed by atoms with van der Waals surface area (Å²) in [5, 5.41) is 11.9. The fourth-order valence-electron chi connectivity index (χ4n) is 3.71. The van der Waals surface area contributed by atoms with Gasteiger partial charge in [-0.2, -0.15) is 5.26 Å². The number of carbonyl (C=O) groups is 3. The molecule has 0 saturated heterocycles. The summed E-state index contributed by atoms with van der Waals surface area (Å²) in [6.07, 6.45) is -0.706. The van der Waals surface area contributed by atoms with Crippen molar-refractivity contribution < 1.29 is 32.3 Å². The van der Waals surface area contributed by atoms with Crippen LogP contribution in [0, 0.1) is 11.3 Å². The number of nitrogens with one attached hydrogen (secondary N) is 1. The smallest absolute Gasteiger partial charge is 0.410 e. The molecule has 0 saturated carbocycles. The first-order valence-electron chi connectivity index (χ1n) is 12.8. The molecule has 12 heteroatoms. The molecule has 220 valence electrons. The first-order valence-corrected chi connectivity index (χ1v) is 14.3. The van der Waals surface area contributed by atoms with E-state index in [1.54, 1.807) is 32.9 Å². The van der Waals surface area contributed by atoms with Crippen molar-refractivity contribution in [2.75, 3.05) is 29.8 Å². The molecule has 0 radical (unpaired) electrons. The van der Waals surface area contributed by atoms with E-state index in [1.165, 1.54) is 55.6 Å². The number of likely N-dealkylation sites (N-methyl/N-ethyl adjacent to an activating group) is 1. The Morgan fingerprint density at radius 2 is 1.62 bits per heavy atom. The SMILES string of the molecule is CN(CC(=O)Nc1cccc(S(=O)(=O)N(CC(=O)OC(C)(C)C)c2cccc(C#N)c2)c1)C(=O)OCc1ccccc1. The number of nitriles is 1. The molecule has 2 amide bonds. The van der Waals surface area contributed by atoms with E-state index in [4.69, 9.17) is 9.47 Å². The quantitative estimate of drug-likeness (QED) is 0.343. The average molecular weight is 593 g/mol. The lowest BCUT2D eigenvalue weighted by Gasteiger charge is -2.26. The van der Waals surface area contributed by atoms with Crippen LogP contribution in [0.5, 0.6) is 0 Å². The predicted molar refractivity (Wildman–Crippen MR) is 156 cm³/mol. The van der Waals surface area contributed by atoms with Crippen LogP contribution in [0.25, 0.3) is 0 Å². The molecular weight excluding hydrogens is 560 g/mol. The van der Waals surface area contributed by atoms with Crippen LogP contribution in [0.4, 0.5) is 16.2 Å². The van der Waals surface area contributed by atoms with Gasteiger partial charge in [0.1, 0.15) is 25.3 Å². The van der Waals surface area contributed by atoms with Crippen LogP contribution >= 0.6 is 0 Å². The topological polar surface area (TPSA) is 146 Å². The zero-order valence-electron chi connectivity index (χ0n) is 23.7. The number of hydrogen-bond donors (Lipinski definition) is 1. The number of ether oxygens (including phenoxy) is 2. The van der Waals surface area contributed by atoms with E-state index in [0.717, 1.165) is 14.8 Å². The Kier molecular flexibility index (Phi) is 10.3. The number of nitrogens with zero attached hydrogens (tertiary/aromatic N) is 3. The monoisotopic (exact) mass is 592 g/mol. The minimum atomic E-state index is -4.37. The summed E-state index contributed by atoms with van der Waals surface area (Å²) in [6.45, 7) is 4.02. The summed E-state index contributed by atoms with van der Waals surface area (Å²) in [4.78, 5) is 38.5. The molecule has 0 aliphatic rings. The van der Waals surface area contributed by atoms with Gasteiger partial charge in [-0.25, -0.2) is 13.2 Å². The number of anilines is 2. The van der Waals surface area contributed by atoms with E-state index in [0.29, 0.717) is 0 Å².